The van der Waals surface area contributed by atoms with Crippen LogP contribution in [0.25, 0.3) is 0 Å². The van der Waals surface area contributed by atoms with Gasteiger partial charge in [-0.25, -0.2) is 4.79 Å². The number of rotatable bonds is 3. The molecule has 0 amide bonds. The Morgan fingerprint density at radius 1 is 1.50 bits per heavy atom. The summed E-state index contributed by atoms with van der Waals surface area (Å²) in [5.74, 6) is -0.971. The molecule has 1 aromatic carbocycles. The minimum atomic E-state index is -1.13. The first-order valence-electron chi connectivity index (χ1n) is 6.31. The fourth-order valence-corrected chi connectivity index (χ4v) is 2.77. The molecule has 1 aliphatic rings. The van der Waals surface area contributed by atoms with Gasteiger partial charge in [0.05, 0.1) is 4.92 Å². The normalized spacial score (nSPS) is 22.6. The van der Waals surface area contributed by atoms with Crippen LogP contribution in [0.1, 0.15) is 26.2 Å². The zero-order chi connectivity index (χ0) is 14.9. The lowest BCUT2D eigenvalue weighted by atomic mass is 9.87. The number of carboxylic acids is 1. The van der Waals surface area contributed by atoms with Crippen LogP contribution in [0.4, 0.5) is 11.4 Å². The lowest BCUT2D eigenvalue weighted by Crippen LogP contribution is -2.55. The quantitative estimate of drug-likeness (QED) is 0.685. The number of carboxylic acid groups (broad SMARTS) is 1. The third kappa shape index (κ3) is 2.43. The van der Waals surface area contributed by atoms with Crippen molar-refractivity contribution in [3.63, 3.8) is 0 Å². The zero-order valence-corrected chi connectivity index (χ0v) is 11.8. The highest BCUT2D eigenvalue weighted by Crippen LogP contribution is 2.39. The molecule has 0 radical (unpaired) electrons. The number of nitro benzene ring substituents is 1. The Kier molecular flexibility index (Phi) is 3.85. The van der Waals surface area contributed by atoms with Crippen molar-refractivity contribution in [1.82, 2.24) is 0 Å². The third-order valence-corrected chi connectivity index (χ3v) is 4.01. The van der Waals surface area contributed by atoms with Crippen LogP contribution in [0.3, 0.4) is 0 Å². The molecule has 0 spiro atoms. The average molecular weight is 299 g/mol. The number of halogens is 1. The van der Waals surface area contributed by atoms with Gasteiger partial charge in [0.25, 0.3) is 5.69 Å². The number of carbonyl (C=O) groups is 1. The number of piperidine rings is 1. The third-order valence-electron chi connectivity index (χ3n) is 3.78. The van der Waals surface area contributed by atoms with E-state index in [0.717, 1.165) is 12.8 Å². The Hall–Kier alpha value is -1.82. The molecule has 1 aromatic rings. The Morgan fingerprint density at radius 2 is 2.20 bits per heavy atom. The van der Waals surface area contributed by atoms with Crippen LogP contribution < -0.4 is 4.90 Å². The monoisotopic (exact) mass is 298 g/mol. The van der Waals surface area contributed by atoms with Crippen molar-refractivity contribution in [3.8, 4) is 0 Å². The molecule has 0 aromatic heterocycles. The van der Waals surface area contributed by atoms with E-state index in [9.17, 15) is 20.0 Å². The number of benzene rings is 1. The number of nitro groups is 1. The van der Waals surface area contributed by atoms with Gasteiger partial charge < -0.3 is 10.0 Å². The average Bonchev–Trinajstić information content (AvgIpc) is 2.39. The molecule has 108 valence electrons. The van der Waals surface area contributed by atoms with Crippen molar-refractivity contribution in [2.45, 2.75) is 31.7 Å². The lowest BCUT2D eigenvalue weighted by molar-refractivity contribution is -0.384. The van der Waals surface area contributed by atoms with E-state index in [0.29, 0.717) is 18.7 Å². The molecule has 20 heavy (non-hydrogen) atoms. The highest BCUT2D eigenvalue weighted by molar-refractivity contribution is 6.30. The van der Waals surface area contributed by atoms with Gasteiger partial charge in [-0.3, -0.25) is 10.1 Å². The number of hydrogen-bond acceptors (Lipinski definition) is 4. The van der Waals surface area contributed by atoms with Crippen LogP contribution >= 0.6 is 11.6 Å². The van der Waals surface area contributed by atoms with Gasteiger partial charge in [-0.2, -0.15) is 0 Å². The molecule has 0 aliphatic carbocycles. The molecule has 1 heterocycles. The van der Waals surface area contributed by atoms with Crippen LogP contribution in [0, 0.1) is 10.1 Å². The van der Waals surface area contributed by atoms with Gasteiger partial charge >= 0.3 is 5.97 Å². The van der Waals surface area contributed by atoms with Crippen LogP contribution in [-0.4, -0.2) is 28.1 Å². The predicted molar refractivity (Wildman–Crippen MR) is 75.3 cm³/mol. The molecule has 1 aliphatic heterocycles. The van der Waals surface area contributed by atoms with Crippen molar-refractivity contribution >= 4 is 28.9 Å². The smallest absolute Gasteiger partial charge is 0.329 e. The molecule has 6 nitrogen and oxygen atoms in total. The summed E-state index contributed by atoms with van der Waals surface area (Å²) in [5.41, 5.74) is -0.979. The van der Waals surface area contributed by atoms with E-state index in [-0.39, 0.29) is 10.7 Å². The molecule has 1 atom stereocenters. The van der Waals surface area contributed by atoms with Gasteiger partial charge in [-0.1, -0.05) is 11.6 Å². The maximum atomic E-state index is 11.6. The summed E-state index contributed by atoms with van der Waals surface area (Å²) in [6, 6.07) is 4.32. The van der Waals surface area contributed by atoms with E-state index >= 15 is 0 Å². The Labute approximate surface area is 121 Å². The summed E-state index contributed by atoms with van der Waals surface area (Å²) in [6.45, 7) is 2.08. The van der Waals surface area contributed by atoms with Crippen molar-refractivity contribution < 1.29 is 14.8 Å². The fourth-order valence-electron chi connectivity index (χ4n) is 2.60. The summed E-state index contributed by atoms with van der Waals surface area (Å²) in [5, 5.41) is 20.9. The topological polar surface area (TPSA) is 83.7 Å². The molecule has 1 unspecified atom stereocenters. The largest absolute Gasteiger partial charge is 0.480 e. The van der Waals surface area contributed by atoms with Gasteiger partial charge in [-0.15, -0.1) is 0 Å². The first-order chi connectivity index (χ1) is 9.36. The summed E-state index contributed by atoms with van der Waals surface area (Å²) < 4.78 is 0. The molecular weight excluding hydrogens is 284 g/mol. The Morgan fingerprint density at radius 3 is 2.80 bits per heavy atom. The fraction of sp³-hybridized carbons (Fsp3) is 0.462. The summed E-state index contributed by atoms with van der Waals surface area (Å²) in [6.07, 6.45) is 2.06. The maximum Gasteiger partial charge on any atom is 0.329 e. The highest BCUT2D eigenvalue weighted by Gasteiger charge is 2.43. The first-order valence-corrected chi connectivity index (χ1v) is 6.69. The molecular formula is C13H15ClN2O4. The van der Waals surface area contributed by atoms with Gasteiger partial charge in [-0.05, 0) is 38.3 Å². The molecule has 0 bridgehead atoms. The second-order valence-electron chi connectivity index (χ2n) is 5.08. The van der Waals surface area contributed by atoms with Gasteiger partial charge in [0, 0.05) is 17.6 Å². The standard InChI is InChI=1S/C13H15ClN2O4/c1-13(12(17)18)6-2-3-7-15(13)10-5-4-9(14)8-11(10)16(19)20/h4-5,8H,2-3,6-7H2,1H3,(H,17,18). The Balaban J connectivity index is 2.53. The van der Waals surface area contributed by atoms with Crippen molar-refractivity contribution in [2.75, 3.05) is 11.4 Å². The SMILES string of the molecule is CC1(C(=O)O)CCCCN1c1ccc(Cl)cc1[N+](=O)[O-]. The molecule has 0 saturated carbocycles. The lowest BCUT2D eigenvalue weighted by Gasteiger charge is -2.42. The van der Waals surface area contributed by atoms with E-state index < -0.39 is 16.4 Å². The molecule has 1 N–H and O–H groups in total. The molecule has 1 saturated heterocycles. The number of aliphatic carboxylic acids is 1. The van der Waals surface area contributed by atoms with Crippen molar-refractivity contribution in [2.24, 2.45) is 0 Å². The van der Waals surface area contributed by atoms with E-state index in [1.807, 2.05) is 0 Å². The van der Waals surface area contributed by atoms with Gasteiger partial charge in [0.1, 0.15) is 11.2 Å². The number of hydrogen-bond donors (Lipinski definition) is 1. The van der Waals surface area contributed by atoms with E-state index in [1.54, 1.807) is 17.9 Å². The van der Waals surface area contributed by atoms with E-state index in [1.165, 1.54) is 12.1 Å². The molecule has 7 heteroatoms. The number of anilines is 1. The van der Waals surface area contributed by atoms with E-state index in [2.05, 4.69) is 0 Å². The Bertz CT molecular complexity index is 563. The maximum absolute atomic E-state index is 11.6. The zero-order valence-electron chi connectivity index (χ0n) is 11.0. The van der Waals surface area contributed by atoms with E-state index in [4.69, 9.17) is 11.6 Å². The highest BCUT2D eigenvalue weighted by atomic mass is 35.5. The van der Waals surface area contributed by atoms with Crippen LogP contribution in [0.5, 0.6) is 0 Å². The van der Waals surface area contributed by atoms with Crippen LogP contribution in [0.15, 0.2) is 18.2 Å². The first kappa shape index (κ1) is 14.6. The summed E-state index contributed by atoms with van der Waals surface area (Å²) in [4.78, 5) is 23.8. The van der Waals surface area contributed by atoms with Crippen molar-refractivity contribution in [1.29, 1.82) is 0 Å². The minimum Gasteiger partial charge on any atom is -0.480 e. The summed E-state index contributed by atoms with van der Waals surface area (Å²) in [7, 11) is 0. The van der Waals surface area contributed by atoms with Gasteiger partial charge in [0.2, 0.25) is 0 Å². The summed E-state index contributed by atoms with van der Waals surface area (Å²) >= 11 is 5.79. The van der Waals surface area contributed by atoms with Crippen molar-refractivity contribution in [3.05, 3.63) is 33.3 Å². The van der Waals surface area contributed by atoms with Crippen LogP contribution in [-0.2, 0) is 4.79 Å². The predicted octanol–water partition coefficient (Wildman–Crippen LogP) is 3.08. The van der Waals surface area contributed by atoms with Crippen LogP contribution in [0.2, 0.25) is 5.02 Å². The second kappa shape index (κ2) is 5.28. The second-order valence-corrected chi connectivity index (χ2v) is 5.51. The minimum absolute atomic E-state index is 0.160. The molecule has 1 fully saturated rings. The van der Waals surface area contributed by atoms with Gasteiger partial charge in [0.15, 0.2) is 0 Å². The number of nitrogens with zero attached hydrogens (tertiary/aromatic N) is 2. The molecule has 2 rings (SSSR count).